The predicted octanol–water partition coefficient (Wildman–Crippen LogP) is 2.54. The van der Waals surface area contributed by atoms with Crippen molar-refractivity contribution in [3.8, 4) is 6.57 Å². The number of alkyl halides is 3. The maximum atomic E-state index is 13.2. The zero-order valence-corrected chi connectivity index (χ0v) is 13.5. The van der Waals surface area contributed by atoms with Crippen LogP contribution in [0.4, 0.5) is 18.9 Å². The summed E-state index contributed by atoms with van der Waals surface area (Å²) in [6, 6.07) is 1.55. The number of aromatic nitrogens is 2. The van der Waals surface area contributed by atoms with E-state index >= 15 is 0 Å². The summed E-state index contributed by atoms with van der Waals surface area (Å²) in [7, 11) is 1.10. The zero-order chi connectivity index (χ0) is 19.3. The van der Waals surface area contributed by atoms with Crippen LogP contribution in [0, 0.1) is 6.57 Å². The lowest BCUT2D eigenvalue weighted by Crippen LogP contribution is -2.43. The molecule has 0 fully saturated rings. The minimum absolute atomic E-state index is 0.0318. The van der Waals surface area contributed by atoms with Gasteiger partial charge in [-0.2, -0.15) is 13.2 Å². The molecule has 0 bridgehead atoms. The first-order valence-corrected chi connectivity index (χ1v) is 7.24. The van der Waals surface area contributed by atoms with Crippen LogP contribution in [0.1, 0.15) is 21.6 Å². The maximum absolute atomic E-state index is 13.2. The Morgan fingerprint density at radius 2 is 2.15 bits per heavy atom. The van der Waals surface area contributed by atoms with Gasteiger partial charge in [-0.25, -0.2) is 9.78 Å². The van der Waals surface area contributed by atoms with Gasteiger partial charge in [-0.3, -0.25) is 4.79 Å². The van der Waals surface area contributed by atoms with E-state index in [1.54, 1.807) is 0 Å². The molecule has 1 amide bonds. The standard InChI is InChI=1S/C16H13F3N4O3/c1-20-9-3-4-11(12(5-9)16(17,18)19)14(24)23-13(15(25)26-2)6-10-7-21-8-22-10/h1,3-5,7-8,13H,6H2,2H3,(H-,21,22,23,24)/p+1/t13-/m1/s1. The highest BCUT2D eigenvalue weighted by molar-refractivity contribution is 5.98. The van der Waals surface area contributed by atoms with E-state index in [4.69, 9.17) is 6.57 Å². The third kappa shape index (κ3) is 4.38. The van der Waals surface area contributed by atoms with Crippen molar-refractivity contribution in [3.63, 3.8) is 0 Å². The molecule has 0 aliphatic heterocycles. The van der Waals surface area contributed by atoms with Gasteiger partial charge in [0.2, 0.25) is 0 Å². The molecule has 0 spiro atoms. The quantitative estimate of drug-likeness (QED) is 0.795. The molecule has 1 heterocycles. The van der Waals surface area contributed by atoms with Gasteiger partial charge in [0.15, 0.2) is 0 Å². The molecule has 0 unspecified atom stereocenters. The average Bonchev–Trinajstić information content (AvgIpc) is 3.12. The van der Waals surface area contributed by atoms with Gasteiger partial charge in [-0.05, 0) is 10.9 Å². The summed E-state index contributed by atoms with van der Waals surface area (Å²) < 4.78 is 44.3. The molecule has 1 aromatic carbocycles. The number of hydrogen-bond acceptors (Lipinski definition) is 4. The van der Waals surface area contributed by atoms with Gasteiger partial charge in [0.25, 0.3) is 12.5 Å². The lowest BCUT2D eigenvalue weighted by molar-refractivity contribution is -0.142. The van der Waals surface area contributed by atoms with Crippen molar-refractivity contribution in [1.82, 2.24) is 15.3 Å². The number of H-pyrrole nitrogens is 1. The molecular formula is C16H14F3N4O3+. The molecule has 1 aromatic heterocycles. The number of imidazole rings is 1. The lowest BCUT2D eigenvalue weighted by atomic mass is 10.0. The van der Waals surface area contributed by atoms with Crippen LogP contribution >= 0.6 is 0 Å². The van der Waals surface area contributed by atoms with Crippen LogP contribution in [0.15, 0.2) is 30.7 Å². The van der Waals surface area contributed by atoms with Crippen molar-refractivity contribution in [1.29, 1.82) is 0 Å². The summed E-state index contributed by atoms with van der Waals surface area (Å²) in [5.74, 6) is -1.90. The number of ether oxygens (including phenoxy) is 1. The van der Waals surface area contributed by atoms with Crippen LogP contribution < -0.4 is 5.32 Å². The fourth-order valence-corrected chi connectivity index (χ4v) is 2.23. The first-order chi connectivity index (χ1) is 12.3. The van der Waals surface area contributed by atoms with Gasteiger partial charge >= 0.3 is 17.8 Å². The highest BCUT2D eigenvalue weighted by Gasteiger charge is 2.37. The predicted molar refractivity (Wildman–Crippen MR) is 85.0 cm³/mol. The van der Waals surface area contributed by atoms with Crippen molar-refractivity contribution < 1.29 is 27.5 Å². The highest BCUT2D eigenvalue weighted by atomic mass is 19.4. The Morgan fingerprint density at radius 1 is 1.42 bits per heavy atom. The van der Waals surface area contributed by atoms with Gasteiger partial charge in [-0.1, -0.05) is 0 Å². The van der Waals surface area contributed by atoms with Gasteiger partial charge in [0.05, 0.1) is 24.6 Å². The number of carbonyl (C=O) groups excluding carboxylic acids is 2. The number of esters is 1. The van der Waals surface area contributed by atoms with E-state index in [1.165, 1.54) is 12.5 Å². The number of nitrogens with one attached hydrogen (secondary N) is 2. The van der Waals surface area contributed by atoms with E-state index in [1.807, 2.05) is 0 Å². The van der Waals surface area contributed by atoms with E-state index in [2.05, 4.69) is 24.9 Å². The van der Waals surface area contributed by atoms with E-state index in [0.29, 0.717) is 11.8 Å². The number of amides is 1. The molecule has 7 nitrogen and oxygen atoms in total. The molecular weight excluding hydrogens is 353 g/mol. The number of benzene rings is 1. The SMILES string of the molecule is C#[N+]c1ccc(C(=O)N[C@H](Cc2cnc[nH]2)C(=O)OC)c(C(F)(F)F)c1. The summed E-state index contributed by atoms with van der Waals surface area (Å²) in [4.78, 5) is 33.9. The molecule has 0 aliphatic carbocycles. The summed E-state index contributed by atoms with van der Waals surface area (Å²) in [5.41, 5.74) is -1.53. The smallest absolute Gasteiger partial charge is 0.417 e. The number of methoxy groups -OCH3 is 1. The summed E-state index contributed by atoms with van der Waals surface area (Å²) >= 11 is 0. The second-order valence-corrected chi connectivity index (χ2v) is 5.19. The number of hydrogen-bond donors (Lipinski definition) is 2. The second-order valence-electron chi connectivity index (χ2n) is 5.19. The minimum atomic E-state index is -4.81. The van der Waals surface area contributed by atoms with Crippen molar-refractivity contribution in [2.24, 2.45) is 0 Å². The Hall–Kier alpha value is -3.35. The molecule has 2 rings (SSSR count). The molecule has 1 atom stereocenters. The zero-order valence-electron chi connectivity index (χ0n) is 13.5. The number of halogens is 3. The van der Waals surface area contributed by atoms with Crippen molar-refractivity contribution in [2.45, 2.75) is 18.6 Å². The Bertz CT molecular complexity index is 841. The average molecular weight is 367 g/mol. The third-order valence-electron chi connectivity index (χ3n) is 3.47. The van der Waals surface area contributed by atoms with E-state index < -0.39 is 35.2 Å². The summed E-state index contributed by atoms with van der Waals surface area (Å²) in [6.07, 6.45) is -2.06. The van der Waals surface area contributed by atoms with Crippen LogP contribution in [0.2, 0.25) is 0 Å². The van der Waals surface area contributed by atoms with Crippen molar-refractivity contribution in [3.05, 3.63) is 52.4 Å². The lowest BCUT2D eigenvalue weighted by Gasteiger charge is -2.17. The van der Waals surface area contributed by atoms with E-state index in [9.17, 15) is 22.8 Å². The van der Waals surface area contributed by atoms with Gasteiger partial charge in [0, 0.05) is 30.4 Å². The molecule has 2 N–H and O–H groups in total. The second kappa shape index (κ2) is 7.69. The molecule has 2 aromatic rings. The van der Waals surface area contributed by atoms with Crippen LogP contribution in [-0.4, -0.2) is 35.0 Å². The molecule has 0 saturated carbocycles. The maximum Gasteiger partial charge on any atom is 0.417 e. The molecule has 0 aliphatic rings. The van der Waals surface area contributed by atoms with Crippen molar-refractivity contribution in [2.75, 3.05) is 7.11 Å². The molecule has 26 heavy (non-hydrogen) atoms. The molecule has 0 saturated heterocycles. The van der Waals surface area contributed by atoms with Crippen LogP contribution in [0.5, 0.6) is 0 Å². The Labute approximate surface area is 146 Å². The molecule has 10 heteroatoms. The number of carbonyl (C=O) groups is 2. The normalized spacial score (nSPS) is 12.1. The van der Waals surface area contributed by atoms with Gasteiger partial charge in [-0.15, -0.1) is 0 Å². The van der Waals surface area contributed by atoms with E-state index in [0.717, 1.165) is 19.2 Å². The topological polar surface area (TPSA) is 88.4 Å². The Balaban J connectivity index is 2.32. The van der Waals surface area contributed by atoms with Crippen LogP contribution in [0.3, 0.4) is 0 Å². The van der Waals surface area contributed by atoms with Gasteiger partial charge < -0.3 is 15.0 Å². The Morgan fingerprint density at radius 3 is 2.69 bits per heavy atom. The van der Waals surface area contributed by atoms with Crippen molar-refractivity contribution >= 4 is 17.6 Å². The summed E-state index contributed by atoms with van der Waals surface area (Å²) in [6.45, 7) is 4.99. The fourth-order valence-electron chi connectivity index (χ4n) is 2.23. The van der Waals surface area contributed by atoms with Crippen LogP contribution in [0.25, 0.3) is 4.85 Å². The Kier molecular flexibility index (Phi) is 5.61. The number of rotatable bonds is 5. The largest absolute Gasteiger partial charge is 0.467 e. The first-order valence-electron chi connectivity index (χ1n) is 7.24. The van der Waals surface area contributed by atoms with E-state index in [-0.39, 0.29) is 12.1 Å². The molecule has 0 radical (unpaired) electrons. The highest BCUT2D eigenvalue weighted by Crippen LogP contribution is 2.34. The number of aromatic amines is 1. The minimum Gasteiger partial charge on any atom is -0.467 e. The third-order valence-corrected chi connectivity index (χ3v) is 3.47. The monoisotopic (exact) mass is 367 g/mol. The fraction of sp³-hybridized carbons (Fsp3) is 0.250. The number of nitrogens with zero attached hydrogens (tertiary/aromatic N) is 2. The van der Waals surface area contributed by atoms with Gasteiger partial charge in [0.1, 0.15) is 6.04 Å². The first kappa shape index (κ1) is 19.0. The summed E-state index contributed by atoms with van der Waals surface area (Å²) in [5, 5.41) is 2.25. The van der Waals surface area contributed by atoms with Crippen LogP contribution in [-0.2, 0) is 22.1 Å². The molecule has 136 valence electrons.